The molecule has 1 amide bonds. The average Bonchev–Trinajstić information content (AvgIpc) is 3.06. The van der Waals surface area contributed by atoms with E-state index < -0.39 is 0 Å². The number of benzene rings is 1. The largest absolute Gasteiger partial charge is 0.355 e. The minimum absolute atomic E-state index is 0.225. The molecule has 3 aromatic rings. The topological polar surface area (TPSA) is 68.0 Å². The molecular weight excluding hydrogens is 314 g/mol. The van der Waals surface area contributed by atoms with Crippen LogP contribution in [0.3, 0.4) is 0 Å². The molecule has 0 saturated heterocycles. The summed E-state index contributed by atoms with van der Waals surface area (Å²) in [6.07, 6.45) is 3.32. The minimum Gasteiger partial charge on any atom is -0.355 e. The quantitative estimate of drug-likeness (QED) is 0.794. The van der Waals surface area contributed by atoms with Crippen molar-refractivity contribution in [3.8, 4) is 11.3 Å². The molecule has 0 fully saturated rings. The van der Waals surface area contributed by atoms with Crippen LogP contribution in [0.5, 0.6) is 0 Å². The molecule has 0 aliphatic rings. The van der Waals surface area contributed by atoms with Crippen LogP contribution in [-0.4, -0.2) is 16.0 Å². The Morgan fingerprint density at radius 2 is 2.17 bits per heavy atom. The fraction of sp³-hybridized carbons (Fsp3) is 0.118. The third kappa shape index (κ3) is 3.57. The van der Waals surface area contributed by atoms with E-state index in [1.165, 1.54) is 0 Å². The van der Waals surface area contributed by atoms with Crippen LogP contribution in [0.1, 0.15) is 21.6 Å². The predicted octanol–water partition coefficient (Wildman–Crippen LogP) is 3.63. The highest BCUT2D eigenvalue weighted by molar-refractivity contribution is 6.30. The maximum Gasteiger partial charge on any atom is 0.273 e. The molecule has 2 aromatic heterocycles. The Morgan fingerprint density at radius 1 is 1.30 bits per heavy atom. The summed E-state index contributed by atoms with van der Waals surface area (Å²) >= 11 is 5.97. The number of carbonyl (C=O) groups is 1. The van der Waals surface area contributed by atoms with Gasteiger partial charge in [0.05, 0.1) is 0 Å². The van der Waals surface area contributed by atoms with Gasteiger partial charge in [-0.1, -0.05) is 22.8 Å². The molecule has 0 saturated carbocycles. The molecule has 1 aromatic carbocycles. The number of rotatable bonds is 4. The Labute approximate surface area is 138 Å². The number of aryl methyl sites for hydroxylation is 1. The summed E-state index contributed by atoms with van der Waals surface area (Å²) in [7, 11) is 0. The van der Waals surface area contributed by atoms with Crippen molar-refractivity contribution in [2.75, 3.05) is 0 Å². The lowest BCUT2D eigenvalue weighted by Gasteiger charge is -2.07. The molecule has 0 atom stereocenters. The second-order valence-corrected chi connectivity index (χ2v) is 5.51. The first-order chi connectivity index (χ1) is 11.1. The number of pyridine rings is 1. The van der Waals surface area contributed by atoms with Crippen LogP contribution in [0.2, 0.25) is 5.02 Å². The van der Waals surface area contributed by atoms with Crippen LogP contribution in [0.4, 0.5) is 0 Å². The van der Waals surface area contributed by atoms with Crippen molar-refractivity contribution < 1.29 is 9.32 Å². The van der Waals surface area contributed by atoms with Crippen molar-refractivity contribution in [3.63, 3.8) is 0 Å². The molecule has 6 heteroatoms. The van der Waals surface area contributed by atoms with Crippen molar-refractivity contribution in [2.24, 2.45) is 0 Å². The van der Waals surface area contributed by atoms with Crippen molar-refractivity contribution in [2.45, 2.75) is 13.5 Å². The van der Waals surface area contributed by atoms with Crippen LogP contribution >= 0.6 is 11.6 Å². The van der Waals surface area contributed by atoms with Gasteiger partial charge in [-0.3, -0.25) is 9.78 Å². The molecule has 3 rings (SSSR count). The van der Waals surface area contributed by atoms with Crippen molar-refractivity contribution in [1.29, 1.82) is 0 Å². The van der Waals surface area contributed by atoms with E-state index >= 15 is 0 Å². The number of carbonyl (C=O) groups excluding carboxylic acids is 1. The van der Waals surface area contributed by atoms with E-state index in [1.54, 1.807) is 24.5 Å². The molecular formula is C17H14ClN3O2. The molecule has 5 nitrogen and oxygen atoms in total. The smallest absolute Gasteiger partial charge is 0.273 e. The SMILES string of the molecule is Cc1ccc(Cl)cc1CNC(=O)c1cc(-c2cccnc2)on1. The van der Waals surface area contributed by atoms with E-state index in [4.69, 9.17) is 16.1 Å². The number of nitrogens with one attached hydrogen (secondary N) is 1. The van der Waals surface area contributed by atoms with Crippen LogP contribution in [0.15, 0.2) is 53.3 Å². The summed E-state index contributed by atoms with van der Waals surface area (Å²) in [6, 6.07) is 10.8. The van der Waals surface area contributed by atoms with E-state index in [-0.39, 0.29) is 11.6 Å². The molecule has 0 aliphatic heterocycles. The maximum atomic E-state index is 12.2. The van der Waals surface area contributed by atoms with E-state index in [0.717, 1.165) is 16.7 Å². The maximum absolute atomic E-state index is 12.2. The highest BCUT2D eigenvalue weighted by Crippen LogP contribution is 2.19. The zero-order valence-electron chi connectivity index (χ0n) is 12.4. The third-order valence-corrected chi connectivity index (χ3v) is 3.67. The number of nitrogens with zero attached hydrogens (tertiary/aromatic N) is 2. The van der Waals surface area contributed by atoms with E-state index in [2.05, 4.69) is 15.5 Å². The van der Waals surface area contributed by atoms with Crippen molar-refractivity contribution in [1.82, 2.24) is 15.5 Å². The summed E-state index contributed by atoms with van der Waals surface area (Å²) in [5, 5.41) is 7.26. The fourth-order valence-electron chi connectivity index (χ4n) is 2.12. The predicted molar refractivity (Wildman–Crippen MR) is 87.1 cm³/mol. The van der Waals surface area contributed by atoms with Gasteiger partial charge in [-0.2, -0.15) is 0 Å². The lowest BCUT2D eigenvalue weighted by molar-refractivity contribution is 0.0942. The first kappa shape index (κ1) is 15.2. The summed E-state index contributed by atoms with van der Waals surface area (Å²) in [5.74, 6) is 0.199. The van der Waals surface area contributed by atoms with Gasteiger partial charge in [-0.05, 0) is 42.3 Å². The highest BCUT2D eigenvalue weighted by atomic mass is 35.5. The van der Waals surface area contributed by atoms with Crippen LogP contribution in [0, 0.1) is 6.92 Å². The van der Waals surface area contributed by atoms with Gasteiger partial charge in [-0.15, -0.1) is 0 Å². The normalized spacial score (nSPS) is 10.5. The van der Waals surface area contributed by atoms with Gasteiger partial charge in [0, 0.05) is 35.6 Å². The van der Waals surface area contributed by atoms with E-state index in [9.17, 15) is 4.79 Å². The third-order valence-electron chi connectivity index (χ3n) is 3.44. The molecule has 1 N–H and O–H groups in total. The zero-order valence-corrected chi connectivity index (χ0v) is 13.2. The number of aromatic nitrogens is 2. The first-order valence-corrected chi connectivity index (χ1v) is 7.41. The zero-order chi connectivity index (χ0) is 16.2. The minimum atomic E-state index is -0.303. The van der Waals surface area contributed by atoms with Gasteiger partial charge in [0.1, 0.15) is 0 Å². The Bertz CT molecular complexity index is 831. The number of hydrogen-bond acceptors (Lipinski definition) is 4. The molecule has 0 spiro atoms. The van der Waals surface area contributed by atoms with Gasteiger partial charge in [0.25, 0.3) is 5.91 Å². The summed E-state index contributed by atoms with van der Waals surface area (Å²) in [5.41, 5.74) is 3.01. The fourth-order valence-corrected chi connectivity index (χ4v) is 2.32. The average molecular weight is 328 g/mol. The number of amides is 1. The highest BCUT2D eigenvalue weighted by Gasteiger charge is 2.14. The Hall–Kier alpha value is -2.66. The summed E-state index contributed by atoms with van der Waals surface area (Å²) in [6.45, 7) is 2.34. The summed E-state index contributed by atoms with van der Waals surface area (Å²) in [4.78, 5) is 16.2. The standard InChI is InChI=1S/C17H14ClN3O2/c1-11-4-5-14(18)7-13(11)10-20-17(22)15-8-16(23-21-15)12-3-2-6-19-9-12/h2-9H,10H2,1H3,(H,20,22). The number of halogens is 1. The molecule has 0 unspecified atom stereocenters. The second kappa shape index (κ2) is 6.62. The van der Waals surface area contributed by atoms with Gasteiger partial charge < -0.3 is 9.84 Å². The van der Waals surface area contributed by atoms with Crippen molar-refractivity contribution in [3.05, 3.63) is 70.6 Å². The van der Waals surface area contributed by atoms with Gasteiger partial charge in [-0.25, -0.2) is 0 Å². The second-order valence-electron chi connectivity index (χ2n) is 5.07. The van der Waals surface area contributed by atoms with Crippen LogP contribution in [0.25, 0.3) is 11.3 Å². The molecule has 0 aliphatic carbocycles. The Kier molecular flexibility index (Phi) is 4.39. The van der Waals surface area contributed by atoms with Gasteiger partial charge >= 0.3 is 0 Å². The lowest BCUT2D eigenvalue weighted by atomic mass is 10.1. The van der Waals surface area contributed by atoms with Crippen LogP contribution in [-0.2, 0) is 6.54 Å². The lowest BCUT2D eigenvalue weighted by Crippen LogP contribution is -2.23. The monoisotopic (exact) mass is 327 g/mol. The molecule has 0 bridgehead atoms. The molecule has 0 radical (unpaired) electrons. The molecule has 116 valence electrons. The number of hydrogen-bond donors (Lipinski definition) is 1. The van der Waals surface area contributed by atoms with E-state index in [1.807, 2.05) is 31.2 Å². The Morgan fingerprint density at radius 3 is 2.96 bits per heavy atom. The summed E-state index contributed by atoms with van der Waals surface area (Å²) < 4.78 is 5.19. The van der Waals surface area contributed by atoms with E-state index in [0.29, 0.717) is 17.3 Å². The van der Waals surface area contributed by atoms with Gasteiger partial charge in [0.15, 0.2) is 11.5 Å². The van der Waals surface area contributed by atoms with Crippen molar-refractivity contribution >= 4 is 17.5 Å². The van der Waals surface area contributed by atoms with Crippen LogP contribution < -0.4 is 5.32 Å². The molecule has 2 heterocycles. The Balaban J connectivity index is 1.69. The van der Waals surface area contributed by atoms with Gasteiger partial charge in [0.2, 0.25) is 0 Å². The molecule has 23 heavy (non-hydrogen) atoms. The first-order valence-electron chi connectivity index (χ1n) is 7.04.